The van der Waals surface area contributed by atoms with Crippen LogP contribution >= 0.6 is 15.9 Å². The Balaban J connectivity index is 2.39. The number of carbonyl (C=O) groups excluding carboxylic acids is 2. The van der Waals surface area contributed by atoms with Crippen molar-refractivity contribution >= 4 is 39.5 Å². The maximum atomic E-state index is 12.0. The van der Waals surface area contributed by atoms with E-state index in [1.54, 1.807) is 38.1 Å². The van der Waals surface area contributed by atoms with E-state index in [9.17, 15) is 14.4 Å². The van der Waals surface area contributed by atoms with Crippen molar-refractivity contribution in [3.63, 3.8) is 0 Å². The number of rotatable bonds is 7. The van der Waals surface area contributed by atoms with Crippen LogP contribution in [-0.4, -0.2) is 47.0 Å². The molecule has 0 bridgehead atoms. The number of carboxylic acids is 1. The van der Waals surface area contributed by atoms with Crippen LogP contribution in [-0.2, 0) is 9.59 Å². The summed E-state index contributed by atoms with van der Waals surface area (Å²) in [6.07, 6.45) is 0.0409. The van der Waals surface area contributed by atoms with Gasteiger partial charge < -0.3 is 20.6 Å². The quantitative estimate of drug-likeness (QED) is 0.670. The molecule has 126 valence electrons. The van der Waals surface area contributed by atoms with Gasteiger partial charge in [0.1, 0.15) is 6.54 Å². The normalized spacial score (nSPS) is 10.3. The number of nitrogens with one attached hydrogen (secondary N) is 2. The Hall–Kier alpha value is -2.09. The second-order valence-corrected chi connectivity index (χ2v) is 6.06. The monoisotopic (exact) mass is 385 g/mol. The lowest BCUT2D eigenvalue weighted by Crippen LogP contribution is -2.42. The number of carboxylic acid groups (broad SMARTS) is 1. The van der Waals surface area contributed by atoms with Crippen LogP contribution in [0.4, 0.5) is 10.5 Å². The number of benzene rings is 1. The molecule has 0 unspecified atom stereocenters. The number of aliphatic carboxylic acids is 1. The molecule has 0 aliphatic heterocycles. The van der Waals surface area contributed by atoms with E-state index in [1.807, 2.05) is 0 Å². The maximum absolute atomic E-state index is 12.0. The van der Waals surface area contributed by atoms with Crippen molar-refractivity contribution in [3.8, 4) is 0 Å². The minimum atomic E-state index is -1.06. The third-order valence-electron chi connectivity index (χ3n) is 2.98. The Labute approximate surface area is 143 Å². The lowest BCUT2D eigenvalue weighted by Gasteiger charge is -2.24. The van der Waals surface area contributed by atoms with Gasteiger partial charge in [-0.15, -0.1) is 0 Å². The molecule has 1 aromatic rings. The smallest absolute Gasteiger partial charge is 0.323 e. The van der Waals surface area contributed by atoms with E-state index in [-0.39, 0.29) is 31.5 Å². The van der Waals surface area contributed by atoms with Gasteiger partial charge in [0, 0.05) is 29.2 Å². The fourth-order valence-electron chi connectivity index (χ4n) is 1.84. The van der Waals surface area contributed by atoms with Gasteiger partial charge in [-0.2, -0.15) is 0 Å². The summed E-state index contributed by atoms with van der Waals surface area (Å²) < 4.78 is 0.904. The van der Waals surface area contributed by atoms with Gasteiger partial charge in [0.05, 0.1) is 0 Å². The fourth-order valence-corrected chi connectivity index (χ4v) is 2.10. The van der Waals surface area contributed by atoms with E-state index in [0.717, 1.165) is 4.47 Å². The third kappa shape index (κ3) is 7.14. The van der Waals surface area contributed by atoms with Crippen molar-refractivity contribution in [3.05, 3.63) is 28.7 Å². The number of hydrogen-bond donors (Lipinski definition) is 3. The molecule has 0 spiro atoms. The zero-order chi connectivity index (χ0) is 17.4. The summed E-state index contributed by atoms with van der Waals surface area (Å²) in [5.74, 6) is -1.38. The van der Waals surface area contributed by atoms with E-state index >= 15 is 0 Å². The van der Waals surface area contributed by atoms with Crippen LogP contribution in [0.2, 0.25) is 0 Å². The lowest BCUT2D eigenvalue weighted by atomic mass is 10.2. The topological polar surface area (TPSA) is 98.7 Å². The highest BCUT2D eigenvalue weighted by atomic mass is 79.9. The fraction of sp³-hybridized carbons (Fsp3) is 0.400. The molecule has 7 nitrogen and oxygen atoms in total. The molecule has 8 heteroatoms. The second-order valence-electron chi connectivity index (χ2n) is 5.15. The molecule has 0 atom stereocenters. The first-order valence-corrected chi connectivity index (χ1v) is 7.90. The summed E-state index contributed by atoms with van der Waals surface area (Å²) in [6.45, 7) is 3.27. The molecule has 0 fully saturated rings. The minimum Gasteiger partial charge on any atom is -0.480 e. The molecule has 0 saturated carbocycles. The molecule has 0 aliphatic rings. The van der Waals surface area contributed by atoms with Crippen LogP contribution in [0.3, 0.4) is 0 Å². The second kappa shape index (κ2) is 9.14. The van der Waals surface area contributed by atoms with Gasteiger partial charge >= 0.3 is 12.0 Å². The van der Waals surface area contributed by atoms with Crippen molar-refractivity contribution in [1.82, 2.24) is 10.2 Å². The predicted octanol–water partition coefficient (Wildman–Crippen LogP) is 2.28. The third-order valence-corrected chi connectivity index (χ3v) is 3.50. The van der Waals surface area contributed by atoms with E-state index in [4.69, 9.17) is 5.11 Å². The van der Waals surface area contributed by atoms with Gasteiger partial charge in [0.15, 0.2) is 0 Å². The summed E-state index contributed by atoms with van der Waals surface area (Å²) in [4.78, 5) is 35.7. The van der Waals surface area contributed by atoms with Crippen molar-refractivity contribution in [2.45, 2.75) is 26.3 Å². The molecule has 23 heavy (non-hydrogen) atoms. The molecule has 0 aliphatic carbocycles. The van der Waals surface area contributed by atoms with Gasteiger partial charge in [-0.05, 0) is 38.1 Å². The van der Waals surface area contributed by atoms with E-state index in [0.29, 0.717) is 5.69 Å². The molecular formula is C15H20BrN3O4. The lowest BCUT2D eigenvalue weighted by molar-refractivity contribution is -0.145. The average molecular weight is 386 g/mol. The molecular weight excluding hydrogens is 366 g/mol. The predicted molar refractivity (Wildman–Crippen MR) is 90.3 cm³/mol. The maximum Gasteiger partial charge on any atom is 0.323 e. The Bertz CT molecular complexity index is 560. The SMILES string of the molecule is CC(C)N(CC(=O)O)C(=O)CCNC(=O)Nc1ccc(Br)cc1. The van der Waals surface area contributed by atoms with Crippen LogP contribution < -0.4 is 10.6 Å². The molecule has 3 N–H and O–H groups in total. The zero-order valence-electron chi connectivity index (χ0n) is 13.0. The first-order chi connectivity index (χ1) is 10.8. The first-order valence-electron chi connectivity index (χ1n) is 7.11. The molecule has 3 amide bonds. The number of anilines is 1. The Morgan fingerprint density at radius 2 is 1.83 bits per heavy atom. The van der Waals surface area contributed by atoms with Crippen molar-refractivity contribution in [1.29, 1.82) is 0 Å². The van der Waals surface area contributed by atoms with Crippen LogP contribution in [0.15, 0.2) is 28.7 Å². The summed E-state index contributed by atoms with van der Waals surface area (Å²) in [5, 5.41) is 14.0. The van der Waals surface area contributed by atoms with Gasteiger partial charge in [0.25, 0.3) is 0 Å². The Kier molecular flexibility index (Phi) is 7.53. The van der Waals surface area contributed by atoms with Crippen LogP contribution in [0.1, 0.15) is 20.3 Å². The van der Waals surface area contributed by atoms with E-state index < -0.39 is 12.0 Å². The van der Waals surface area contributed by atoms with Crippen molar-refractivity contribution in [2.24, 2.45) is 0 Å². The van der Waals surface area contributed by atoms with Gasteiger partial charge in [0.2, 0.25) is 5.91 Å². The van der Waals surface area contributed by atoms with Crippen LogP contribution in [0, 0.1) is 0 Å². The van der Waals surface area contributed by atoms with E-state index in [1.165, 1.54) is 4.90 Å². The number of nitrogens with zero attached hydrogens (tertiary/aromatic N) is 1. The van der Waals surface area contributed by atoms with Gasteiger partial charge in [-0.1, -0.05) is 15.9 Å². The average Bonchev–Trinajstić information content (AvgIpc) is 2.46. The molecule has 0 radical (unpaired) electrons. The molecule has 0 aromatic heterocycles. The van der Waals surface area contributed by atoms with Crippen LogP contribution in [0.25, 0.3) is 0 Å². The van der Waals surface area contributed by atoms with E-state index in [2.05, 4.69) is 26.6 Å². The molecule has 0 saturated heterocycles. The standard InChI is InChI=1S/C15H20BrN3O4/c1-10(2)19(9-14(21)22)13(20)7-8-17-15(23)18-12-5-3-11(16)4-6-12/h3-6,10H,7-9H2,1-2H3,(H,21,22)(H2,17,18,23). The summed E-state index contributed by atoms with van der Waals surface area (Å²) in [5.41, 5.74) is 0.631. The van der Waals surface area contributed by atoms with Crippen molar-refractivity contribution in [2.75, 3.05) is 18.4 Å². The largest absolute Gasteiger partial charge is 0.480 e. The number of amides is 3. The molecule has 0 heterocycles. The van der Waals surface area contributed by atoms with Gasteiger partial charge in [-0.3, -0.25) is 9.59 Å². The highest BCUT2D eigenvalue weighted by molar-refractivity contribution is 9.10. The minimum absolute atomic E-state index is 0.0409. The number of carbonyl (C=O) groups is 3. The highest BCUT2D eigenvalue weighted by Gasteiger charge is 2.19. The Morgan fingerprint density at radius 1 is 1.22 bits per heavy atom. The van der Waals surface area contributed by atoms with Crippen molar-refractivity contribution < 1.29 is 19.5 Å². The Morgan fingerprint density at radius 3 is 2.35 bits per heavy atom. The van der Waals surface area contributed by atoms with Crippen LogP contribution in [0.5, 0.6) is 0 Å². The number of halogens is 1. The zero-order valence-corrected chi connectivity index (χ0v) is 14.6. The summed E-state index contributed by atoms with van der Waals surface area (Å²) >= 11 is 3.30. The highest BCUT2D eigenvalue weighted by Crippen LogP contribution is 2.13. The number of urea groups is 1. The van der Waals surface area contributed by atoms with Gasteiger partial charge in [-0.25, -0.2) is 4.79 Å². The molecule has 1 rings (SSSR count). The molecule has 1 aromatic carbocycles. The number of hydrogen-bond acceptors (Lipinski definition) is 3. The summed E-state index contributed by atoms with van der Waals surface area (Å²) in [7, 11) is 0. The summed E-state index contributed by atoms with van der Waals surface area (Å²) in [6, 6.07) is 6.44. The first kappa shape index (κ1) is 19.0.